The predicted octanol–water partition coefficient (Wildman–Crippen LogP) is 2.67. The molecule has 1 heterocycles. The summed E-state index contributed by atoms with van der Waals surface area (Å²) in [6.45, 7) is 7.56. The normalized spacial score (nSPS) is 24.2. The lowest BCUT2D eigenvalue weighted by atomic mass is 9.93. The molecule has 4 nitrogen and oxygen atoms in total. The minimum Gasteiger partial charge on any atom is -0.271 e. The van der Waals surface area contributed by atoms with Gasteiger partial charge in [-0.2, -0.15) is 5.10 Å². The summed E-state index contributed by atoms with van der Waals surface area (Å²) in [4.78, 5) is 0. The maximum Gasteiger partial charge on any atom is 0.0624 e. The lowest BCUT2D eigenvalue weighted by Gasteiger charge is -2.23. The van der Waals surface area contributed by atoms with Crippen LogP contribution in [0.3, 0.4) is 0 Å². The van der Waals surface area contributed by atoms with E-state index >= 15 is 0 Å². The Morgan fingerprint density at radius 1 is 1.40 bits per heavy atom. The van der Waals surface area contributed by atoms with Gasteiger partial charge in [-0.05, 0) is 44.1 Å². The maximum atomic E-state index is 5.84. The van der Waals surface area contributed by atoms with Crippen LogP contribution in [0.25, 0.3) is 0 Å². The number of rotatable bonds is 7. The quantitative estimate of drug-likeness (QED) is 0.595. The van der Waals surface area contributed by atoms with Crippen LogP contribution in [0.1, 0.15) is 57.8 Å². The van der Waals surface area contributed by atoms with Crippen molar-refractivity contribution < 1.29 is 0 Å². The zero-order valence-corrected chi connectivity index (χ0v) is 13.2. The number of hydrazine groups is 1. The Balaban J connectivity index is 2.04. The minimum absolute atomic E-state index is 0.387. The number of hydrogen-bond acceptors (Lipinski definition) is 3. The Hall–Kier alpha value is -0.870. The van der Waals surface area contributed by atoms with E-state index in [-0.39, 0.29) is 0 Å². The molecule has 114 valence electrons. The zero-order valence-electron chi connectivity index (χ0n) is 13.2. The third kappa shape index (κ3) is 3.41. The largest absolute Gasteiger partial charge is 0.271 e. The third-order valence-electron chi connectivity index (χ3n) is 4.95. The molecule has 2 rings (SSSR count). The topological polar surface area (TPSA) is 55.9 Å². The molecule has 0 aliphatic heterocycles. The molecule has 1 aromatic heterocycles. The molecule has 3 atom stereocenters. The van der Waals surface area contributed by atoms with E-state index in [0.717, 1.165) is 31.2 Å². The van der Waals surface area contributed by atoms with Crippen molar-refractivity contribution in [2.24, 2.45) is 17.7 Å². The first kappa shape index (κ1) is 15.5. The predicted molar refractivity (Wildman–Crippen MR) is 83.2 cm³/mol. The van der Waals surface area contributed by atoms with Gasteiger partial charge in [0.15, 0.2) is 0 Å². The molecule has 3 unspecified atom stereocenters. The highest BCUT2D eigenvalue weighted by atomic mass is 15.3. The van der Waals surface area contributed by atoms with Crippen LogP contribution < -0.4 is 11.3 Å². The van der Waals surface area contributed by atoms with Crippen molar-refractivity contribution in [3.8, 4) is 0 Å². The van der Waals surface area contributed by atoms with E-state index in [1.165, 1.54) is 37.1 Å². The van der Waals surface area contributed by atoms with Crippen molar-refractivity contribution in [2.45, 2.75) is 71.9 Å². The fraction of sp³-hybridized carbons (Fsp3) is 0.812. The molecule has 1 saturated carbocycles. The lowest BCUT2D eigenvalue weighted by molar-refractivity contribution is 0.341. The highest BCUT2D eigenvalue weighted by Gasteiger charge is 2.30. The van der Waals surface area contributed by atoms with Gasteiger partial charge in [-0.15, -0.1) is 0 Å². The Morgan fingerprint density at radius 2 is 2.20 bits per heavy atom. The van der Waals surface area contributed by atoms with Crippen LogP contribution in [0.5, 0.6) is 0 Å². The second kappa shape index (κ2) is 7.23. The molecular weight excluding hydrogens is 248 g/mol. The molecule has 20 heavy (non-hydrogen) atoms. The number of nitrogens with two attached hydrogens (primary N) is 1. The Morgan fingerprint density at radius 3 is 2.75 bits per heavy atom. The van der Waals surface area contributed by atoms with Crippen molar-refractivity contribution >= 4 is 0 Å². The summed E-state index contributed by atoms with van der Waals surface area (Å²) >= 11 is 0. The second-order valence-corrected chi connectivity index (χ2v) is 6.12. The lowest BCUT2D eigenvalue weighted by Crippen LogP contribution is -2.42. The van der Waals surface area contributed by atoms with Crippen LogP contribution in [-0.2, 0) is 19.4 Å². The van der Waals surface area contributed by atoms with Crippen molar-refractivity contribution in [3.05, 3.63) is 17.5 Å². The first-order chi connectivity index (χ1) is 9.71. The number of nitrogens with one attached hydrogen (secondary N) is 1. The van der Waals surface area contributed by atoms with Crippen molar-refractivity contribution in [1.29, 1.82) is 0 Å². The smallest absolute Gasteiger partial charge is 0.0624 e. The summed E-state index contributed by atoms with van der Waals surface area (Å²) in [5, 5.41) is 4.64. The summed E-state index contributed by atoms with van der Waals surface area (Å²) in [5.74, 6) is 7.46. The van der Waals surface area contributed by atoms with Crippen molar-refractivity contribution in [1.82, 2.24) is 15.2 Å². The molecule has 0 radical (unpaired) electrons. The fourth-order valence-corrected chi connectivity index (χ4v) is 3.56. The standard InChI is InChI=1S/C16H30N4/c1-4-12-7-8-13(9-12)16(18-17)11-15-10-14(5-2)19-20(15)6-3/h10,12-13,16,18H,4-9,11,17H2,1-3H3. The van der Waals surface area contributed by atoms with Gasteiger partial charge in [-0.1, -0.05) is 26.7 Å². The van der Waals surface area contributed by atoms with E-state index in [4.69, 9.17) is 5.84 Å². The van der Waals surface area contributed by atoms with E-state index in [9.17, 15) is 0 Å². The van der Waals surface area contributed by atoms with Gasteiger partial charge in [0.05, 0.1) is 5.69 Å². The third-order valence-corrected chi connectivity index (χ3v) is 4.95. The van der Waals surface area contributed by atoms with Crippen LogP contribution in [0.4, 0.5) is 0 Å². The van der Waals surface area contributed by atoms with Gasteiger partial charge in [0.25, 0.3) is 0 Å². The van der Waals surface area contributed by atoms with Gasteiger partial charge < -0.3 is 0 Å². The molecule has 0 spiro atoms. The van der Waals surface area contributed by atoms with Crippen LogP contribution >= 0.6 is 0 Å². The average Bonchev–Trinajstić information content (AvgIpc) is 3.10. The fourth-order valence-electron chi connectivity index (χ4n) is 3.56. The first-order valence-corrected chi connectivity index (χ1v) is 8.23. The van der Waals surface area contributed by atoms with Crippen LogP contribution in [0.15, 0.2) is 6.07 Å². The van der Waals surface area contributed by atoms with Crippen LogP contribution in [0.2, 0.25) is 0 Å². The Kier molecular flexibility index (Phi) is 5.61. The van der Waals surface area contributed by atoms with Gasteiger partial charge >= 0.3 is 0 Å². The molecule has 1 fully saturated rings. The molecule has 1 aliphatic carbocycles. The van der Waals surface area contributed by atoms with Crippen LogP contribution in [-0.4, -0.2) is 15.8 Å². The van der Waals surface area contributed by atoms with Gasteiger partial charge in [0, 0.05) is 24.7 Å². The molecule has 0 saturated heterocycles. The summed E-state index contributed by atoms with van der Waals surface area (Å²) in [7, 11) is 0. The zero-order chi connectivity index (χ0) is 14.5. The summed E-state index contributed by atoms with van der Waals surface area (Å²) in [5.41, 5.74) is 5.59. The van der Waals surface area contributed by atoms with Crippen LogP contribution in [0, 0.1) is 11.8 Å². The monoisotopic (exact) mass is 278 g/mol. The SMILES string of the molecule is CCc1cc(CC(NN)C2CCC(CC)C2)n(CC)n1. The minimum atomic E-state index is 0.387. The van der Waals surface area contributed by atoms with Gasteiger partial charge in [-0.3, -0.25) is 16.0 Å². The Labute approximate surface area is 123 Å². The van der Waals surface area contributed by atoms with E-state index in [1.807, 2.05) is 0 Å². The molecule has 0 amide bonds. The Bertz CT molecular complexity index is 413. The average molecular weight is 278 g/mol. The van der Waals surface area contributed by atoms with E-state index in [1.54, 1.807) is 0 Å². The first-order valence-electron chi connectivity index (χ1n) is 8.23. The summed E-state index contributed by atoms with van der Waals surface area (Å²) in [6, 6.07) is 2.64. The number of hydrogen-bond donors (Lipinski definition) is 2. The van der Waals surface area contributed by atoms with E-state index in [2.05, 4.69) is 42.0 Å². The number of nitrogens with zero attached hydrogens (tertiary/aromatic N) is 2. The molecule has 0 aromatic carbocycles. The van der Waals surface area contributed by atoms with E-state index in [0.29, 0.717) is 6.04 Å². The molecule has 4 heteroatoms. The summed E-state index contributed by atoms with van der Waals surface area (Å²) < 4.78 is 2.13. The highest BCUT2D eigenvalue weighted by Crippen LogP contribution is 2.35. The second-order valence-electron chi connectivity index (χ2n) is 6.12. The van der Waals surface area contributed by atoms with Gasteiger partial charge in [0.1, 0.15) is 0 Å². The molecule has 1 aliphatic rings. The number of aryl methyl sites for hydroxylation is 2. The number of aromatic nitrogens is 2. The van der Waals surface area contributed by atoms with E-state index < -0.39 is 0 Å². The molecular formula is C16H30N4. The van der Waals surface area contributed by atoms with Crippen molar-refractivity contribution in [3.63, 3.8) is 0 Å². The van der Waals surface area contributed by atoms with Crippen molar-refractivity contribution in [2.75, 3.05) is 0 Å². The highest BCUT2D eigenvalue weighted by molar-refractivity contribution is 5.12. The van der Waals surface area contributed by atoms with Gasteiger partial charge in [-0.25, -0.2) is 0 Å². The molecule has 3 N–H and O–H groups in total. The molecule has 0 bridgehead atoms. The van der Waals surface area contributed by atoms with Gasteiger partial charge in [0.2, 0.25) is 0 Å². The summed E-state index contributed by atoms with van der Waals surface area (Å²) in [6.07, 6.45) is 7.31. The molecule has 1 aromatic rings. The maximum absolute atomic E-state index is 5.84.